The van der Waals surface area contributed by atoms with Crippen molar-refractivity contribution in [3.05, 3.63) is 23.5 Å². The number of aliphatic hydroxyl groups excluding tert-OH is 1. The minimum atomic E-state index is -0.163. The quantitative estimate of drug-likeness (QED) is 0.636. The molecule has 1 unspecified atom stereocenters. The van der Waals surface area contributed by atoms with Crippen LogP contribution in [0.3, 0.4) is 0 Å². The number of H-pyrrole nitrogens is 1. The number of rotatable bonds is 3. The molecule has 1 aliphatic heterocycles. The van der Waals surface area contributed by atoms with E-state index in [1.54, 1.807) is 0 Å². The van der Waals surface area contributed by atoms with Crippen LogP contribution in [-0.4, -0.2) is 40.7 Å². The van der Waals surface area contributed by atoms with Crippen molar-refractivity contribution >= 4 is 0 Å². The fraction of sp³-hybridized carbons (Fsp3) is 0.600. The highest BCUT2D eigenvalue weighted by Gasteiger charge is 2.31. The average Bonchev–Trinajstić information content (AvgIpc) is 2.50. The van der Waals surface area contributed by atoms with Crippen molar-refractivity contribution in [2.45, 2.75) is 19.1 Å². The van der Waals surface area contributed by atoms with Crippen molar-refractivity contribution < 1.29 is 5.11 Å². The van der Waals surface area contributed by atoms with Crippen molar-refractivity contribution in [2.24, 2.45) is 5.73 Å². The molecular formula is C10H17N3O. The fourth-order valence-electron chi connectivity index (χ4n) is 1.96. The van der Waals surface area contributed by atoms with Gasteiger partial charge in [0.1, 0.15) is 0 Å². The summed E-state index contributed by atoms with van der Waals surface area (Å²) in [5.41, 5.74) is 8.10. The van der Waals surface area contributed by atoms with Crippen molar-refractivity contribution in [3.63, 3.8) is 0 Å². The molecule has 2 rings (SSSR count). The number of nitrogens with two attached hydrogens (primary N) is 1. The second kappa shape index (κ2) is 3.73. The number of β-amino-alcohol motifs (C(OH)–C–C–N with tert-alkyl or cyclic N) is 1. The summed E-state index contributed by atoms with van der Waals surface area (Å²) < 4.78 is 0. The molecular weight excluding hydrogens is 178 g/mol. The Kier molecular flexibility index (Phi) is 2.58. The maximum absolute atomic E-state index is 9.22. The summed E-state index contributed by atoms with van der Waals surface area (Å²) in [6.07, 6.45) is 1.83. The molecule has 78 valence electrons. The van der Waals surface area contributed by atoms with Crippen LogP contribution in [-0.2, 0) is 0 Å². The van der Waals surface area contributed by atoms with Crippen molar-refractivity contribution in [1.29, 1.82) is 0 Å². The van der Waals surface area contributed by atoms with Gasteiger partial charge in [0.15, 0.2) is 0 Å². The van der Waals surface area contributed by atoms with Gasteiger partial charge in [-0.05, 0) is 18.6 Å². The summed E-state index contributed by atoms with van der Waals surface area (Å²) in [5, 5.41) is 9.22. The molecule has 4 N–H and O–H groups in total. The van der Waals surface area contributed by atoms with Gasteiger partial charge in [0.2, 0.25) is 0 Å². The van der Waals surface area contributed by atoms with Crippen LogP contribution >= 0.6 is 0 Å². The van der Waals surface area contributed by atoms with Crippen LogP contribution < -0.4 is 5.73 Å². The van der Waals surface area contributed by atoms with E-state index >= 15 is 0 Å². The molecule has 0 amide bonds. The number of aromatic nitrogens is 1. The molecule has 0 bridgehead atoms. The van der Waals surface area contributed by atoms with E-state index in [4.69, 9.17) is 5.73 Å². The molecule has 2 heterocycles. The third kappa shape index (κ3) is 1.68. The van der Waals surface area contributed by atoms with Crippen LogP contribution in [0.1, 0.15) is 17.3 Å². The second-order valence-electron chi connectivity index (χ2n) is 3.98. The highest BCUT2D eigenvalue weighted by atomic mass is 16.3. The van der Waals surface area contributed by atoms with E-state index in [0.717, 1.165) is 18.8 Å². The van der Waals surface area contributed by atoms with Gasteiger partial charge in [0.05, 0.1) is 6.10 Å². The van der Waals surface area contributed by atoms with Gasteiger partial charge < -0.3 is 15.8 Å². The Balaban J connectivity index is 2.06. The molecule has 0 spiro atoms. The van der Waals surface area contributed by atoms with Crippen LogP contribution in [0.15, 0.2) is 12.3 Å². The first-order valence-corrected chi connectivity index (χ1v) is 4.98. The molecule has 0 aliphatic carbocycles. The van der Waals surface area contributed by atoms with E-state index in [1.807, 2.05) is 13.1 Å². The smallest absolute Gasteiger partial charge is 0.0794 e. The molecule has 0 saturated carbocycles. The zero-order chi connectivity index (χ0) is 10.1. The Hall–Kier alpha value is -0.840. The summed E-state index contributed by atoms with van der Waals surface area (Å²) in [7, 11) is 0. The summed E-state index contributed by atoms with van der Waals surface area (Å²) >= 11 is 0. The Morgan fingerprint density at radius 3 is 2.86 bits per heavy atom. The normalized spacial score (nSPS) is 20.8. The first kappa shape index (κ1) is 9.71. The third-order valence-electron chi connectivity index (χ3n) is 2.79. The van der Waals surface area contributed by atoms with E-state index in [2.05, 4.69) is 16.0 Å². The summed E-state index contributed by atoms with van der Waals surface area (Å²) in [4.78, 5) is 5.35. The van der Waals surface area contributed by atoms with Gasteiger partial charge in [-0.25, -0.2) is 0 Å². The number of hydrogen-bond acceptors (Lipinski definition) is 3. The van der Waals surface area contributed by atoms with Crippen LogP contribution in [0.25, 0.3) is 0 Å². The van der Waals surface area contributed by atoms with Gasteiger partial charge in [-0.3, -0.25) is 4.90 Å². The lowest BCUT2D eigenvalue weighted by atomic mass is 10.0. The first-order chi connectivity index (χ1) is 6.70. The first-order valence-electron chi connectivity index (χ1n) is 4.98. The monoisotopic (exact) mass is 195 g/mol. The predicted molar refractivity (Wildman–Crippen MR) is 54.9 cm³/mol. The van der Waals surface area contributed by atoms with E-state index in [1.165, 1.54) is 5.56 Å². The van der Waals surface area contributed by atoms with Crippen molar-refractivity contribution in [1.82, 2.24) is 9.88 Å². The molecule has 4 heteroatoms. The summed E-state index contributed by atoms with van der Waals surface area (Å²) in [6, 6.07) is 2.37. The molecule has 1 saturated heterocycles. The van der Waals surface area contributed by atoms with E-state index in [-0.39, 0.29) is 12.1 Å². The van der Waals surface area contributed by atoms with E-state index in [0.29, 0.717) is 6.54 Å². The lowest BCUT2D eigenvalue weighted by molar-refractivity contribution is -0.0233. The summed E-state index contributed by atoms with van der Waals surface area (Å²) in [6.45, 7) is 4.12. The highest BCUT2D eigenvalue weighted by Crippen LogP contribution is 2.25. The number of nitrogens with zero attached hydrogens (tertiary/aromatic N) is 1. The van der Waals surface area contributed by atoms with Crippen LogP contribution in [0.5, 0.6) is 0 Å². The van der Waals surface area contributed by atoms with Crippen LogP contribution in [0.2, 0.25) is 0 Å². The molecule has 1 aromatic heterocycles. The Morgan fingerprint density at radius 1 is 1.71 bits per heavy atom. The van der Waals surface area contributed by atoms with Gasteiger partial charge in [0, 0.05) is 37.6 Å². The van der Waals surface area contributed by atoms with Crippen LogP contribution in [0.4, 0.5) is 0 Å². The zero-order valence-electron chi connectivity index (χ0n) is 8.40. The van der Waals surface area contributed by atoms with E-state index in [9.17, 15) is 5.11 Å². The number of hydrogen-bond donors (Lipinski definition) is 3. The Bertz CT molecular complexity index is 304. The van der Waals surface area contributed by atoms with Gasteiger partial charge >= 0.3 is 0 Å². The molecule has 1 fully saturated rings. The van der Waals surface area contributed by atoms with Gasteiger partial charge in [-0.2, -0.15) is 0 Å². The minimum absolute atomic E-state index is 0.163. The maximum Gasteiger partial charge on any atom is 0.0794 e. The lowest BCUT2D eigenvalue weighted by Gasteiger charge is -2.41. The van der Waals surface area contributed by atoms with E-state index < -0.39 is 0 Å². The highest BCUT2D eigenvalue weighted by molar-refractivity contribution is 5.20. The third-order valence-corrected chi connectivity index (χ3v) is 2.79. The Morgan fingerprint density at radius 2 is 2.43 bits per heavy atom. The topological polar surface area (TPSA) is 65.3 Å². The number of nitrogens with one attached hydrogen (secondary N) is 1. The van der Waals surface area contributed by atoms with Crippen molar-refractivity contribution in [3.8, 4) is 0 Å². The second-order valence-corrected chi connectivity index (χ2v) is 3.98. The minimum Gasteiger partial charge on any atom is -0.390 e. The molecule has 1 atom stereocenters. The number of aliphatic hydroxyl groups is 1. The molecule has 1 aliphatic rings. The molecule has 0 radical (unpaired) electrons. The predicted octanol–water partition coefficient (Wildman–Crippen LogP) is -0.000580. The Labute approximate surface area is 83.7 Å². The van der Waals surface area contributed by atoms with Crippen LogP contribution in [0, 0.1) is 6.92 Å². The molecule has 1 aromatic rings. The van der Waals surface area contributed by atoms with Gasteiger partial charge in [0.25, 0.3) is 0 Å². The SMILES string of the molecule is Cc1cc(C(CN)N2CC(O)C2)c[nH]1. The fourth-order valence-corrected chi connectivity index (χ4v) is 1.96. The molecule has 0 aromatic carbocycles. The summed E-state index contributed by atoms with van der Waals surface area (Å²) in [5.74, 6) is 0. The van der Waals surface area contributed by atoms with Gasteiger partial charge in [-0.15, -0.1) is 0 Å². The standard InChI is InChI=1S/C10H17N3O/c1-7-2-8(4-12-7)10(3-11)13-5-9(14)6-13/h2,4,9-10,12,14H,3,5-6,11H2,1H3. The number of aryl methyl sites for hydroxylation is 1. The maximum atomic E-state index is 9.22. The molecule has 14 heavy (non-hydrogen) atoms. The number of aromatic amines is 1. The average molecular weight is 195 g/mol. The van der Waals surface area contributed by atoms with Gasteiger partial charge in [-0.1, -0.05) is 0 Å². The lowest BCUT2D eigenvalue weighted by Crippen LogP contribution is -2.53. The zero-order valence-corrected chi connectivity index (χ0v) is 8.40. The molecule has 4 nitrogen and oxygen atoms in total. The largest absolute Gasteiger partial charge is 0.390 e. The number of likely N-dealkylation sites (tertiary alicyclic amines) is 1. The van der Waals surface area contributed by atoms with Crippen molar-refractivity contribution in [2.75, 3.05) is 19.6 Å².